The summed E-state index contributed by atoms with van der Waals surface area (Å²) < 4.78 is 0. The molecule has 2 N–H and O–H groups in total. The van der Waals surface area contributed by atoms with E-state index in [1.165, 1.54) is 0 Å². The van der Waals surface area contributed by atoms with Gasteiger partial charge in [0.2, 0.25) is 0 Å². The molecule has 10 heavy (non-hydrogen) atoms. The maximum absolute atomic E-state index is 10.9. The number of amides is 1. The molecule has 1 heterocycles. The normalized spacial score (nSPS) is 44.3. The Balaban J connectivity index is 2.32. The standard InChI is InChI=1S/C7H9NO2/c1-4-2-7(10)5(4)3-8-6(7)9/h5,10H,1-3H2,(H,8,9). The molecule has 2 aliphatic rings. The first-order valence-corrected chi connectivity index (χ1v) is 3.33. The van der Waals surface area contributed by atoms with Crippen molar-refractivity contribution in [3.05, 3.63) is 12.2 Å². The van der Waals surface area contributed by atoms with E-state index in [1.54, 1.807) is 0 Å². The number of nitrogens with one attached hydrogen (secondary N) is 1. The Morgan fingerprint density at radius 1 is 1.80 bits per heavy atom. The smallest absolute Gasteiger partial charge is 0.253 e. The van der Waals surface area contributed by atoms with E-state index in [1.807, 2.05) is 0 Å². The molecular formula is C7H9NO2. The number of carbonyl (C=O) groups is 1. The largest absolute Gasteiger partial charge is 0.379 e. The summed E-state index contributed by atoms with van der Waals surface area (Å²) in [6.07, 6.45) is 0.448. The lowest BCUT2D eigenvalue weighted by atomic mass is 9.68. The van der Waals surface area contributed by atoms with Crippen LogP contribution in [-0.4, -0.2) is 23.2 Å². The molecule has 3 heteroatoms. The molecule has 0 aromatic carbocycles. The van der Waals surface area contributed by atoms with E-state index < -0.39 is 5.60 Å². The van der Waals surface area contributed by atoms with E-state index in [-0.39, 0.29) is 11.8 Å². The van der Waals surface area contributed by atoms with Crippen molar-refractivity contribution < 1.29 is 9.90 Å². The SMILES string of the molecule is C=C1CC2(O)C(=O)NCC12. The predicted molar refractivity (Wildman–Crippen MR) is 35.2 cm³/mol. The number of carbonyl (C=O) groups excluding carboxylic acids is 1. The van der Waals surface area contributed by atoms with Crippen LogP contribution >= 0.6 is 0 Å². The van der Waals surface area contributed by atoms with Crippen molar-refractivity contribution in [2.45, 2.75) is 12.0 Å². The van der Waals surface area contributed by atoms with Crippen LogP contribution in [0, 0.1) is 5.92 Å². The van der Waals surface area contributed by atoms with Crippen LogP contribution in [0.2, 0.25) is 0 Å². The van der Waals surface area contributed by atoms with Gasteiger partial charge in [-0.3, -0.25) is 4.79 Å². The van der Waals surface area contributed by atoms with Gasteiger partial charge in [0.05, 0.1) is 0 Å². The van der Waals surface area contributed by atoms with Crippen molar-refractivity contribution in [1.29, 1.82) is 0 Å². The van der Waals surface area contributed by atoms with E-state index >= 15 is 0 Å². The molecule has 1 aliphatic heterocycles. The van der Waals surface area contributed by atoms with E-state index in [9.17, 15) is 9.90 Å². The van der Waals surface area contributed by atoms with Crippen LogP contribution in [0.25, 0.3) is 0 Å². The number of hydrogen-bond acceptors (Lipinski definition) is 2. The van der Waals surface area contributed by atoms with Crippen LogP contribution in [-0.2, 0) is 4.79 Å². The van der Waals surface area contributed by atoms with Crippen molar-refractivity contribution in [1.82, 2.24) is 5.32 Å². The molecule has 2 atom stereocenters. The number of hydrogen-bond donors (Lipinski definition) is 2. The van der Waals surface area contributed by atoms with Gasteiger partial charge < -0.3 is 10.4 Å². The minimum atomic E-state index is -1.09. The van der Waals surface area contributed by atoms with Crippen molar-refractivity contribution in [3.63, 3.8) is 0 Å². The molecule has 1 amide bonds. The van der Waals surface area contributed by atoms with E-state index in [0.29, 0.717) is 13.0 Å². The maximum Gasteiger partial charge on any atom is 0.253 e. The first-order valence-electron chi connectivity index (χ1n) is 3.33. The zero-order valence-electron chi connectivity index (χ0n) is 5.55. The van der Waals surface area contributed by atoms with Crippen LogP contribution in [0.1, 0.15) is 6.42 Å². The van der Waals surface area contributed by atoms with E-state index in [4.69, 9.17) is 0 Å². The Labute approximate surface area is 58.7 Å². The second-order valence-corrected chi connectivity index (χ2v) is 3.02. The van der Waals surface area contributed by atoms with Crippen LogP contribution < -0.4 is 5.32 Å². The summed E-state index contributed by atoms with van der Waals surface area (Å²) in [5, 5.41) is 12.1. The minimum absolute atomic E-state index is 0.0139. The van der Waals surface area contributed by atoms with Gasteiger partial charge in [-0.05, 0) is 0 Å². The maximum atomic E-state index is 10.9. The molecule has 1 aliphatic carbocycles. The first-order chi connectivity index (χ1) is 4.64. The Morgan fingerprint density at radius 2 is 2.50 bits per heavy atom. The number of fused-ring (bicyclic) bond motifs is 1. The van der Waals surface area contributed by atoms with Gasteiger partial charge >= 0.3 is 0 Å². The lowest BCUT2D eigenvalue weighted by Crippen LogP contribution is -2.51. The van der Waals surface area contributed by atoms with Gasteiger partial charge in [-0.2, -0.15) is 0 Å². The molecule has 1 saturated heterocycles. The average Bonchev–Trinajstić information content (AvgIpc) is 2.06. The molecule has 1 saturated carbocycles. The fourth-order valence-electron chi connectivity index (χ4n) is 1.70. The molecular weight excluding hydrogens is 130 g/mol. The Bertz CT molecular complexity index is 224. The summed E-state index contributed by atoms with van der Waals surface area (Å²) in [5.74, 6) is -0.245. The van der Waals surface area contributed by atoms with E-state index in [2.05, 4.69) is 11.9 Å². The second-order valence-electron chi connectivity index (χ2n) is 3.02. The van der Waals surface area contributed by atoms with Crippen molar-refractivity contribution in [3.8, 4) is 0 Å². The lowest BCUT2D eigenvalue weighted by molar-refractivity contribution is -0.141. The molecule has 0 bridgehead atoms. The van der Waals surface area contributed by atoms with Gasteiger partial charge in [-0.25, -0.2) is 0 Å². The zero-order chi connectivity index (χ0) is 7.35. The minimum Gasteiger partial charge on any atom is -0.379 e. The summed E-state index contributed by atoms with van der Waals surface area (Å²) in [7, 11) is 0. The van der Waals surface area contributed by atoms with Gasteiger partial charge in [0.1, 0.15) is 0 Å². The van der Waals surface area contributed by atoms with Crippen LogP contribution in [0.3, 0.4) is 0 Å². The highest BCUT2D eigenvalue weighted by atomic mass is 16.3. The fraction of sp³-hybridized carbons (Fsp3) is 0.571. The molecule has 3 nitrogen and oxygen atoms in total. The Hall–Kier alpha value is -0.830. The molecule has 2 rings (SSSR count). The Kier molecular flexibility index (Phi) is 0.843. The molecule has 0 aromatic rings. The molecule has 2 unspecified atom stereocenters. The van der Waals surface area contributed by atoms with Crippen LogP contribution in [0.4, 0.5) is 0 Å². The molecule has 2 fully saturated rings. The molecule has 0 radical (unpaired) electrons. The molecule has 0 spiro atoms. The topological polar surface area (TPSA) is 49.3 Å². The van der Waals surface area contributed by atoms with Crippen molar-refractivity contribution >= 4 is 5.91 Å². The van der Waals surface area contributed by atoms with Gasteiger partial charge in [0.25, 0.3) is 5.91 Å². The number of aliphatic hydroxyl groups is 1. The fourth-order valence-corrected chi connectivity index (χ4v) is 1.70. The summed E-state index contributed by atoms with van der Waals surface area (Å²) in [6.45, 7) is 4.29. The Morgan fingerprint density at radius 3 is 2.90 bits per heavy atom. The third-order valence-corrected chi connectivity index (χ3v) is 2.43. The van der Waals surface area contributed by atoms with Crippen molar-refractivity contribution in [2.75, 3.05) is 6.54 Å². The highest BCUT2D eigenvalue weighted by molar-refractivity contribution is 5.90. The third-order valence-electron chi connectivity index (χ3n) is 2.43. The average molecular weight is 139 g/mol. The van der Waals surface area contributed by atoms with Gasteiger partial charge in [-0.1, -0.05) is 12.2 Å². The third kappa shape index (κ3) is 0.431. The lowest BCUT2D eigenvalue weighted by Gasteiger charge is -2.38. The van der Waals surface area contributed by atoms with E-state index in [0.717, 1.165) is 5.57 Å². The predicted octanol–water partition coefficient (Wildman–Crippen LogP) is -0.577. The second kappa shape index (κ2) is 1.42. The van der Waals surface area contributed by atoms with Crippen molar-refractivity contribution in [2.24, 2.45) is 5.92 Å². The summed E-state index contributed by atoms with van der Waals surface area (Å²) >= 11 is 0. The zero-order valence-corrected chi connectivity index (χ0v) is 5.55. The van der Waals surface area contributed by atoms with Gasteiger partial charge in [-0.15, -0.1) is 0 Å². The highest BCUT2D eigenvalue weighted by Gasteiger charge is 2.57. The summed E-state index contributed by atoms with van der Waals surface area (Å²) in [5.41, 5.74) is -0.0993. The number of rotatable bonds is 0. The summed E-state index contributed by atoms with van der Waals surface area (Å²) in [4.78, 5) is 10.9. The quantitative estimate of drug-likeness (QED) is 0.441. The molecule has 0 aromatic heterocycles. The monoisotopic (exact) mass is 139 g/mol. The highest BCUT2D eigenvalue weighted by Crippen LogP contribution is 2.45. The van der Waals surface area contributed by atoms with Gasteiger partial charge in [0, 0.05) is 18.9 Å². The van der Waals surface area contributed by atoms with Gasteiger partial charge in [0.15, 0.2) is 5.60 Å². The van der Waals surface area contributed by atoms with Crippen LogP contribution in [0.15, 0.2) is 12.2 Å². The first kappa shape index (κ1) is 5.92. The summed E-state index contributed by atoms with van der Waals surface area (Å²) in [6, 6.07) is 0. The molecule has 54 valence electrons. The van der Waals surface area contributed by atoms with Crippen LogP contribution in [0.5, 0.6) is 0 Å².